The van der Waals surface area contributed by atoms with Crippen molar-refractivity contribution in [1.29, 1.82) is 0 Å². The number of likely N-dealkylation sites (tertiary alicyclic amines) is 1. The van der Waals surface area contributed by atoms with Crippen LogP contribution in [0.3, 0.4) is 0 Å². The number of hydrogen-bond acceptors (Lipinski definition) is 9. The molecular formula is C29H41N5O5SSi. The third-order valence-electron chi connectivity index (χ3n) is 6.59. The molecule has 4 rings (SSSR count). The molecule has 0 radical (unpaired) electrons. The van der Waals surface area contributed by atoms with Crippen molar-refractivity contribution in [2.75, 3.05) is 25.6 Å². The Kier molecular flexibility index (Phi) is 9.55. The Morgan fingerprint density at radius 2 is 1.90 bits per heavy atom. The number of rotatable bonds is 10. The minimum atomic E-state index is -1.23. The maximum absolute atomic E-state index is 13.1. The summed E-state index contributed by atoms with van der Waals surface area (Å²) in [5.41, 5.74) is 3.53. The number of carbonyl (C=O) groups is 2. The van der Waals surface area contributed by atoms with E-state index in [0.29, 0.717) is 30.6 Å². The molecule has 41 heavy (non-hydrogen) atoms. The van der Waals surface area contributed by atoms with Crippen LogP contribution in [0.25, 0.3) is 11.3 Å². The first-order valence-corrected chi connectivity index (χ1v) is 18.5. The van der Waals surface area contributed by atoms with E-state index in [-0.39, 0.29) is 12.1 Å². The topological polar surface area (TPSA) is 108 Å². The van der Waals surface area contributed by atoms with Crippen molar-refractivity contribution in [2.45, 2.75) is 77.7 Å². The molecule has 3 aromatic rings. The summed E-state index contributed by atoms with van der Waals surface area (Å²) in [6, 6.07) is 8.65. The van der Waals surface area contributed by atoms with Crippen molar-refractivity contribution < 1.29 is 23.8 Å². The maximum Gasteiger partial charge on any atom is 0.410 e. The van der Waals surface area contributed by atoms with Crippen LogP contribution in [0, 0.1) is 0 Å². The minimum Gasteiger partial charge on any atom is -0.465 e. The van der Waals surface area contributed by atoms with Gasteiger partial charge in [0.25, 0.3) is 0 Å². The largest absolute Gasteiger partial charge is 0.465 e. The Balaban J connectivity index is 1.57. The lowest BCUT2D eigenvalue weighted by Crippen LogP contribution is -2.37. The van der Waals surface area contributed by atoms with E-state index in [1.165, 1.54) is 18.4 Å². The molecule has 3 heterocycles. The average molecular weight is 600 g/mol. The molecule has 0 unspecified atom stereocenters. The maximum atomic E-state index is 13.1. The molecule has 12 heteroatoms. The summed E-state index contributed by atoms with van der Waals surface area (Å²) >= 11 is 1.22. The zero-order chi connectivity index (χ0) is 29.8. The predicted octanol–water partition coefficient (Wildman–Crippen LogP) is 6.92. The second-order valence-corrected chi connectivity index (χ2v) is 18.8. The normalized spacial score (nSPS) is 15.7. The van der Waals surface area contributed by atoms with Crippen molar-refractivity contribution in [2.24, 2.45) is 0 Å². The smallest absolute Gasteiger partial charge is 0.410 e. The first-order chi connectivity index (χ1) is 19.3. The van der Waals surface area contributed by atoms with Gasteiger partial charge in [-0.25, -0.2) is 19.6 Å². The number of benzene rings is 1. The van der Waals surface area contributed by atoms with E-state index >= 15 is 0 Å². The number of methoxy groups -OCH3 is 1. The predicted molar refractivity (Wildman–Crippen MR) is 163 cm³/mol. The summed E-state index contributed by atoms with van der Waals surface area (Å²) in [4.78, 5) is 36.5. The summed E-state index contributed by atoms with van der Waals surface area (Å²) in [6.45, 7) is 14.3. The summed E-state index contributed by atoms with van der Waals surface area (Å²) in [6.07, 6.45) is 3.37. The van der Waals surface area contributed by atoms with Crippen molar-refractivity contribution >= 4 is 43.0 Å². The third-order valence-corrected chi connectivity index (χ3v) is 9.11. The highest BCUT2D eigenvalue weighted by Crippen LogP contribution is 2.35. The second-order valence-electron chi connectivity index (χ2n) is 12.4. The highest BCUT2D eigenvalue weighted by Gasteiger charge is 2.36. The van der Waals surface area contributed by atoms with Gasteiger partial charge in [0.1, 0.15) is 18.2 Å². The number of amides is 1. The molecule has 1 N–H and O–H groups in total. The molecule has 222 valence electrons. The van der Waals surface area contributed by atoms with Crippen LogP contribution in [0.2, 0.25) is 25.7 Å². The van der Waals surface area contributed by atoms with Crippen LogP contribution in [0.5, 0.6) is 0 Å². The molecule has 1 saturated heterocycles. The fourth-order valence-electron chi connectivity index (χ4n) is 4.49. The molecular weight excluding hydrogens is 559 g/mol. The van der Waals surface area contributed by atoms with Crippen LogP contribution in [0.1, 0.15) is 55.2 Å². The lowest BCUT2D eigenvalue weighted by atomic mass is 10.1. The summed E-state index contributed by atoms with van der Waals surface area (Å²) in [7, 11) is 0.124. The minimum absolute atomic E-state index is 0.193. The monoisotopic (exact) mass is 599 g/mol. The van der Waals surface area contributed by atoms with Gasteiger partial charge < -0.3 is 24.1 Å². The number of nitrogens with one attached hydrogen (secondary N) is 1. The summed E-state index contributed by atoms with van der Waals surface area (Å²) in [5, 5.41) is 3.19. The van der Waals surface area contributed by atoms with E-state index in [1.54, 1.807) is 10.4 Å². The molecule has 1 atom stereocenters. The number of imidazole rings is 1. The van der Waals surface area contributed by atoms with E-state index < -0.39 is 19.6 Å². The van der Waals surface area contributed by atoms with Crippen molar-refractivity contribution in [3.05, 3.63) is 46.7 Å². The van der Waals surface area contributed by atoms with E-state index in [4.69, 9.17) is 19.2 Å². The standard InChI is InChI=1S/C29H41N5O5SSi/c1-29(2,3)39-28(36)34-14-8-9-23(34)26-32-22(17-33(26)19-38-15-16-41(5,6)7)20-10-12-21(13-11-20)31-25-24(27(35)37-4)40-18-30-25/h10-13,17-18,23,31H,8-9,14-16,19H2,1-7H3/t23-/m0/s1. The van der Waals surface area contributed by atoms with Gasteiger partial charge in [-0.2, -0.15) is 0 Å². The molecule has 1 fully saturated rings. The molecule has 0 saturated carbocycles. The van der Waals surface area contributed by atoms with Crippen molar-refractivity contribution in [1.82, 2.24) is 19.4 Å². The number of hydrogen-bond donors (Lipinski definition) is 1. The Bertz CT molecular complexity index is 1340. The lowest BCUT2D eigenvalue weighted by molar-refractivity contribution is 0.0204. The molecule has 0 aliphatic carbocycles. The highest BCUT2D eigenvalue weighted by molar-refractivity contribution is 7.12. The van der Waals surface area contributed by atoms with Crippen LogP contribution in [0.4, 0.5) is 16.3 Å². The van der Waals surface area contributed by atoms with Gasteiger partial charge in [-0.3, -0.25) is 4.90 Å². The second kappa shape index (κ2) is 12.7. The van der Waals surface area contributed by atoms with Gasteiger partial charge in [0.2, 0.25) is 0 Å². The number of esters is 1. The van der Waals surface area contributed by atoms with Crippen LogP contribution in [-0.4, -0.2) is 65.4 Å². The van der Waals surface area contributed by atoms with Gasteiger partial charge in [-0.15, -0.1) is 11.3 Å². The number of nitrogens with zero attached hydrogens (tertiary/aromatic N) is 4. The fourth-order valence-corrected chi connectivity index (χ4v) is 5.90. The number of ether oxygens (including phenoxy) is 3. The van der Waals surface area contributed by atoms with Crippen LogP contribution in [-0.2, 0) is 20.9 Å². The Morgan fingerprint density at radius 1 is 1.17 bits per heavy atom. The lowest BCUT2D eigenvalue weighted by Gasteiger charge is -2.28. The van der Waals surface area contributed by atoms with Gasteiger partial charge in [0, 0.05) is 38.7 Å². The molecule has 1 amide bonds. The average Bonchev–Trinajstić information content (AvgIpc) is 3.64. The van der Waals surface area contributed by atoms with E-state index in [1.807, 2.05) is 55.8 Å². The number of thiazole rings is 1. The Labute approximate surface area is 247 Å². The molecule has 0 spiro atoms. The Morgan fingerprint density at radius 3 is 2.56 bits per heavy atom. The number of aromatic nitrogens is 3. The van der Waals surface area contributed by atoms with Gasteiger partial charge in [0.15, 0.2) is 10.7 Å². The number of anilines is 2. The highest BCUT2D eigenvalue weighted by atomic mass is 32.1. The van der Waals surface area contributed by atoms with Gasteiger partial charge in [-0.1, -0.05) is 31.8 Å². The van der Waals surface area contributed by atoms with Crippen LogP contribution >= 0.6 is 11.3 Å². The van der Waals surface area contributed by atoms with E-state index in [0.717, 1.165) is 41.7 Å². The van der Waals surface area contributed by atoms with E-state index in [9.17, 15) is 9.59 Å². The van der Waals surface area contributed by atoms with Gasteiger partial charge >= 0.3 is 12.1 Å². The first-order valence-electron chi connectivity index (χ1n) is 13.9. The summed E-state index contributed by atoms with van der Waals surface area (Å²) in [5.74, 6) is 0.827. The van der Waals surface area contributed by atoms with Crippen LogP contribution < -0.4 is 5.32 Å². The SMILES string of the molecule is COC(=O)c1scnc1Nc1ccc(-c2cn(COCC[Si](C)(C)C)c([C@@H]3CCCN3C(=O)OC(C)(C)C)n2)cc1. The first kappa shape index (κ1) is 30.7. The molecule has 1 aliphatic heterocycles. The zero-order valence-electron chi connectivity index (χ0n) is 25.0. The molecule has 10 nitrogen and oxygen atoms in total. The number of carbonyl (C=O) groups excluding carboxylic acids is 2. The van der Waals surface area contributed by atoms with Gasteiger partial charge in [0.05, 0.1) is 24.4 Å². The van der Waals surface area contributed by atoms with E-state index in [2.05, 4.69) is 29.9 Å². The van der Waals surface area contributed by atoms with Gasteiger partial charge in [-0.05, 0) is 51.8 Å². The molecule has 1 aliphatic rings. The van der Waals surface area contributed by atoms with Crippen molar-refractivity contribution in [3.8, 4) is 11.3 Å². The zero-order valence-corrected chi connectivity index (χ0v) is 26.8. The van der Waals surface area contributed by atoms with Crippen LogP contribution in [0.15, 0.2) is 36.0 Å². The molecule has 1 aromatic carbocycles. The quantitative estimate of drug-likeness (QED) is 0.152. The van der Waals surface area contributed by atoms with Crippen molar-refractivity contribution in [3.63, 3.8) is 0 Å². The third kappa shape index (κ3) is 8.17. The fraction of sp³-hybridized carbons (Fsp3) is 0.517. The summed E-state index contributed by atoms with van der Waals surface area (Å²) < 4.78 is 18.7. The molecule has 0 bridgehead atoms. The Hall–Kier alpha value is -3.22. The molecule has 2 aromatic heterocycles.